The summed E-state index contributed by atoms with van der Waals surface area (Å²) < 4.78 is 22.9. The van der Waals surface area contributed by atoms with Crippen molar-refractivity contribution in [1.29, 1.82) is 0 Å². The summed E-state index contributed by atoms with van der Waals surface area (Å²) in [5.41, 5.74) is 1.37. The predicted molar refractivity (Wildman–Crippen MR) is 195 cm³/mol. The molecule has 12 heteroatoms. The molecular weight excluding hydrogens is 681 g/mol. The van der Waals surface area contributed by atoms with Crippen LogP contribution in [0.4, 0.5) is 9.59 Å². The monoisotopic (exact) mass is 725 g/mol. The third kappa shape index (κ3) is 12.9. The molecule has 0 bridgehead atoms. The molecule has 10 nitrogen and oxygen atoms in total. The van der Waals surface area contributed by atoms with Gasteiger partial charge in [0, 0.05) is 29.4 Å². The predicted octanol–water partition coefficient (Wildman–Crippen LogP) is 8.46. The van der Waals surface area contributed by atoms with Gasteiger partial charge < -0.3 is 18.9 Å². The van der Waals surface area contributed by atoms with Crippen LogP contribution in [0, 0.1) is 0 Å². The number of carbonyl (C=O) groups is 3. The maximum Gasteiger partial charge on any atom is 0.414 e. The molecule has 0 radical (unpaired) electrons. The van der Waals surface area contributed by atoms with Crippen LogP contribution in [-0.4, -0.2) is 54.4 Å². The average molecular weight is 727 g/mol. The molecule has 50 heavy (non-hydrogen) atoms. The summed E-state index contributed by atoms with van der Waals surface area (Å²) in [5, 5.41) is 6.07. The van der Waals surface area contributed by atoms with Gasteiger partial charge in [0.1, 0.15) is 22.7 Å². The molecule has 0 aliphatic carbocycles. The van der Waals surface area contributed by atoms with Crippen molar-refractivity contribution in [1.82, 2.24) is 10.6 Å². The highest BCUT2D eigenvalue weighted by molar-refractivity contribution is 6.34. The summed E-state index contributed by atoms with van der Waals surface area (Å²) in [4.78, 5) is 42.6. The van der Waals surface area contributed by atoms with Crippen molar-refractivity contribution in [2.45, 2.75) is 90.4 Å². The van der Waals surface area contributed by atoms with Crippen LogP contribution < -0.4 is 20.1 Å². The maximum atomic E-state index is 13.4. The number of benzene rings is 3. The molecule has 1 aliphatic heterocycles. The number of nitrogens with zero attached hydrogens (tertiary/aromatic N) is 1. The molecule has 0 saturated carbocycles. The molecule has 268 valence electrons. The normalized spacial score (nSPS) is 15.9. The Balaban J connectivity index is 1.35. The van der Waals surface area contributed by atoms with Crippen LogP contribution in [0.1, 0.15) is 77.0 Å². The van der Waals surface area contributed by atoms with Crippen LogP contribution in [0.3, 0.4) is 0 Å². The fourth-order valence-corrected chi connectivity index (χ4v) is 5.90. The van der Waals surface area contributed by atoms with E-state index in [-0.39, 0.29) is 30.8 Å². The number of para-hydroxylation sites is 1. The Morgan fingerprint density at radius 3 is 2.14 bits per heavy atom. The minimum Gasteiger partial charge on any atom is -0.493 e. The minimum absolute atomic E-state index is 0.00493. The lowest BCUT2D eigenvalue weighted by molar-refractivity contribution is -0.126. The topological polar surface area (TPSA) is 125 Å². The highest BCUT2D eigenvalue weighted by Gasteiger charge is 2.31. The molecule has 3 aromatic rings. The summed E-state index contributed by atoms with van der Waals surface area (Å²) in [7, 11) is 0. The number of guanidine groups is 1. The third-order valence-corrected chi connectivity index (χ3v) is 7.73. The number of Topliss-reactive ketones (excluding diaryl/α,β-unsaturated/α-hetero) is 1. The van der Waals surface area contributed by atoms with Crippen molar-refractivity contribution in [3.63, 3.8) is 0 Å². The molecule has 0 spiro atoms. The van der Waals surface area contributed by atoms with E-state index in [0.29, 0.717) is 47.2 Å². The Morgan fingerprint density at radius 2 is 1.50 bits per heavy atom. The second kappa shape index (κ2) is 17.1. The molecule has 1 heterocycles. The van der Waals surface area contributed by atoms with Crippen molar-refractivity contribution in [2.24, 2.45) is 4.99 Å². The Bertz CT molecular complexity index is 1650. The summed E-state index contributed by atoms with van der Waals surface area (Å²) >= 11 is 12.5. The van der Waals surface area contributed by atoms with Crippen LogP contribution >= 0.6 is 23.2 Å². The van der Waals surface area contributed by atoms with Crippen molar-refractivity contribution < 1.29 is 33.3 Å². The SMILES string of the molecule is CC(C)(C)OC(=O)NC(=NCCc1cccc(OCCC2Oc3ccccc3C(Cc3cc(Cl)cc(Cl)c3)CC2=O)c1)NC(=O)OC(C)(C)C. The Morgan fingerprint density at radius 1 is 0.860 bits per heavy atom. The Labute approximate surface area is 303 Å². The van der Waals surface area contributed by atoms with Gasteiger partial charge in [-0.1, -0.05) is 53.5 Å². The summed E-state index contributed by atoms with van der Waals surface area (Å²) in [6.07, 6.45) is -0.416. The van der Waals surface area contributed by atoms with Crippen molar-refractivity contribution in [3.05, 3.63) is 93.5 Å². The van der Waals surface area contributed by atoms with E-state index in [4.69, 9.17) is 42.1 Å². The number of hydrogen-bond acceptors (Lipinski definition) is 8. The van der Waals surface area contributed by atoms with E-state index in [0.717, 1.165) is 16.7 Å². The van der Waals surface area contributed by atoms with Crippen molar-refractivity contribution in [3.8, 4) is 11.5 Å². The molecular formula is C38H45Cl2N3O7. The second-order valence-corrected chi connectivity index (χ2v) is 14.9. The van der Waals surface area contributed by atoms with Crippen LogP contribution in [0.5, 0.6) is 11.5 Å². The number of alkyl carbamates (subject to hydrolysis) is 2. The first-order valence-corrected chi connectivity index (χ1v) is 17.3. The first-order chi connectivity index (χ1) is 23.5. The number of hydrogen-bond donors (Lipinski definition) is 2. The minimum atomic E-state index is -0.760. The first-order valence-electron chi connectivity index (χ1n) is 16.5. The molecule has 0 aromatic heterocycles. The number of amides is 2. The quantitative estimate of drug-likeness (QED) is 0.168. The van der Waals surface area contributed by atoms with E-state index >= 15 is 0 Å². The average Bonchev–Trinajstić information content (AvgIpc) is 3.10. The van der Waals surface area contributed by atoms with E-state index < -0.39 is 29.5 Å². The Hall–Kier alpha value is -4.28. The van der Waals surface area contributed by atoms with Crippen LogP contribution in [0.15, 0.2) is 71.7 Å². The largest absolute Gasteiger partial charge is 0.493 e. The smallest absolute Gasteiger partial charge is 0.414 e. The van der Waals surface area contributed by atoms with Gasteiger partial charge in [-0.3, -0.25) is 20.4 Å². The van der Waals surface area contributed by atoms with Gasteiger partial charge in [-0.15, -0.1) is 0 Å². The highest BCUT2D eigenvalue weighted by Crippen LogP contribution is 2.37. The van der Waals surface area contributed by atoms with E-state index in [2.05, 4.69) is 15.6 Å². The second-order valence-electron chi connectivity index (χ2n) is 14.0. The maximum absolute atomic E-state index is 13.4. The number of rotatable bonds is 9. The number of ketones is 1. The number of carbonyl (C=O) groups excluding carboxylic acids is 3. The number of aliphatic imine (C=N–C) groups is 1. The number of fused-ring (bicyclic) bond motifs is 1. The fraction of sp³-hybridized carbons (Fsp3) is 0.421. The van der Waals surface area contributed by atoms with Crippen LogP contribution in [0.25, 0.3) is 0 Å². The van der Waals surface area contributed by atoms with Crippen molar-refractivity contribution >= 4 is 47.1 Å². The van der Waals surface area contributed by atoms with Gasteiger partial charge in [0.05, 0.1) is 6.61 Å². The Kier molecular flexibility index (Phi) is 13.2. The molecule has 2 atom stereocenters. The van der Waals surface area contributed by atoms with Gasteiger partial charge in [-0.2, -0.15) is 0 Å². The van der Waals surface area contributed by atoms with Gasteiger partial charge in [-0.25, -0.2) is 9.59 Å². The molecule has 1 aliphatic rings. The van der Waals surface area contributed by atoms with Gasteiger partial charge in [-0.05, 0) is 113 Å². The number of nitrogens with one attached hydrogen (secondary N) is 2. The fourth-order valence-electron chi connectivity index (χ4n) is 5.33. The zero-order chi connectivity index (χ0) is 36.5. The first kappa shape index (κ1) is 38.5. The molecule has 0 saturated heterocycles. The van der Waals surface area contributed by atoms with Crippen molar-refractivity contribution in [2.75, 3.05) is 13.2 Å². The molecule has 4 rings (SSSR count). The molecule has 2 amide bonds. The van der Waals surface area contributed by atoms with Crippen LogP contribution in [-0.2, 0) is 27.1 Å². The summed E-state index contributed by atoms with van der Waals surface area (Å²) in [6.45, 7) is 10.9. The standard InChI is InChI=1S/C38H45Cl2N3O7/c1-37(2,3)49-35(45)42-34(43-36(46)50-38(4,5)6)41-16-14-24-10-9-11-29(21-24)47-17-15-33-31(44)22-26(30-12-7-8-13-32(30)48-33)18-25-19-27(39)23-28(40)20-25/h7-13,19-21,23,26,33H,14-18,22H2,1-6H3,(H2,41,42,43,45,46). The molecule has 2 unspecified atom stereocenters. The number of halogens is 2. The van der Waals surface area contributed by atoms with Gasteiger partial charge >= 0.3 is 12.2 Å². The lowest BCUT2D eigenvalue weighted by atomic mass is 9.87. The van der Waals surface area contributed by atoms with E-state index in [1.54, 1.807) is 47.6 Å². The highest BCUT2D eigenvalue weighted by atomic mass is 35.5. The lowest BCUT2D eigenvalue weighted by Gasteiger charge is -2.22. The molecule has 2 N–H and O–H groups in total. The van der Waals surface area contributed by atoms with Gasteiger partial charge in [0.25, 0.3) is 0 Å². The lowest BCUT2D eigenvalue weighted by Crippen LogP contribution is -2.47. The van der Waals surface area contributed by atoms with E-state index in [9.17, 15) is 14.4 Å². The van der Waals surface area contributed by atoms with E-state index in [1.807, 2.05) is 60.7 Å². The zero-order valence-corrected chi connectivity index (χ0v) is 30.8. The van der Waals surface area contributed by atoms with E-state index in [1.165, 1.54) is 0 Å². The summed E-state index contributed by atoms with van der Waals surface area (Å²) in [5.74, 6) is 1.14. The number of ether oxygens (including phenoxy) is 4. The molecule has 3 aromatic carbocycles. The van der Waals surface area contributed by atoms with Gasteiger partial charge in [0.15, 0.2) is 11.9 Å². The summed E-state index contributed by atoms with van der Waals surface area (Å²) in [6, 6.07) is 20.7. The van der Waals surface area contributed by atoms with Gasteiger partial charge in [0.2, 0.25) is 5.96 Å². The molecule has 0 fully saturated rings. The van der Waals surface area contributed by atoms with Crippen LogP contribution in [0.2, 0.25) is 10.0 Å². The third-order valence-electron chi connectivity index (χ3n) is 7.30. The zero-order valence-electron chi connectivity index (χ0n) is 29.3.